The predicted molar refractivity (Wildman–Crippen MR) is 112 cm³/mol. The fraction of sp³-hybridized carbons (Fsp3) is 0.500. The third kappa shape index (κ3) is 5.64. The van der Waals surface area contributed by atoms with E-state index in [1.54, 1.807) is 6.92 Å². The number of unbranched alkanes of at least 4 members (excludes halogenated alkanes) is 1. The topological polar surface area (TPSA) is 29.5 Å². The smallest absolute Gasteiger partial charge is 0.460 e. The Morgan fingerprint density at radius 3 is 1.67 bits per heavy atom. The van der Waals surface area contributed by atoms with Gasteiger partial charge in [0.15, 0.2) is 0 Å². The molecule has 2 aromatic carbocycles. The van der Waals surface area contributed by atoms with Crippen LogP contribution in [0.4, 0.5) is 57.1 Å². The third-order valence-electron chi connectivity index (χ3n) is 5.81. The van der Waals surface area contributed by atoms with Gasteiger partial charge in [-0.05, 0) is 29.7 Å². The van der Waals surface area contributed by atoms with Gasteiger partial charge in [-0.3, -0.25) is 0 Å². The Balaban J connectivity index is 2.64. The van der Waals surface area contributed by atoms with Gasteiger partial charge in [0.05, 0.1) is 13.0 Å². The molecule has 1 unspecified atom stereocenters. The van der Waals surface area contributed by atoms with Gasteiger partial charge >= 0.3 is 35.8 Å². The molecule has 1 atom stereocenters. The highest BCUT2D eigenvalue weighted by Gasteiger charge is 2.90. The average molecular weight is 588 g/mol. The van der Waals surface area contributed by atoms with E-state index in [-0.39, 0.29) is 12.4 Å². The number of ether oxygens (including phenoxy) is 1. The SMILES string of the molecule is CCCCOc1cccc(C(O)(CC(F)(F)C(F)(F)C(F)(F)C(F)(F)C(F)(F)C(F)(F)F)c2ccccc2)c1. The molecule has 0 saturated heterocycles. The van der Waals surface area contributed by atoms with Crippen LogP contribution in [-0.2, 0) is 5.60 Å². The Morgan fingerprint density at radius 2 is 1.15 bits per heavy atom. The van der Waals surface area contributed by atoms with E-state index in [4.69, 9.17) is 4.74 Å². The first-order valence-corrected chi connectivity index (χ1v) is 11.1. The van der Waals surface area contributed by atoms with Crippen LogP contribution in [0.5, 0.6) is 5.75 Å². The van der Waals surface area contributed by atoms with Crippen molar-refractivity contribution in [2.75, 3.05) is 6.61 Å². The first-order valence-electron chi connectivity index (χ1n) is 11.1. The zero-order chi connectivity index (χ0) is 30.1. The van der Waals surface area contributed by atoms with E-state index in [0.29, 0.717) is 12.8 Å². The minimum atomic E-state index is -8.02. The summed E-state index contributed by atoms with van der Waals surface area (Å²) in [4.78, 5) is 0. The monoisotopic (exact) mass is 588 g/mol. The van der Waals surface area contributed by atoms with E-state index in [0.717, 1.165) is 42.5 Å². The van der Waals surface area contributed by atoms with Crippen molar-refractivity contribution < 1.29 is 66.9 Å². The second-order valence-electron chi connectivity index (χ2n) is 8.63. The van der Waals surface area contributed by atoms with Crippen LogP contribution in [0, 0.1) is 0 Å². The lowest BCUT2D eigenvalue weighted by Crippen LogP contribution is -2.70. The van der Waals surface area contributed by atoms with Gasteiger partial charge in [0, 0.05) is 0 Å². The Hall–Kier alpha value is -2.71. The second kappa shape index (κ2) is 10.7. The quantitative estimate of drug-likeness (QED) is 0.200. The number of halogens is 13. The molecule has 0 aliphatic heterocycles. The number of rotatable bonds is 12. The summed E-state index contributed by atoms with van der Waals surface area (Å²) in [7, 11) is 0. The molecule has 15 heteroatoms. The molecule has 0 aromatic heterocycles. The minimum Gasteiger partial charge on any atom is -0.494 e. The van der Waals surface area contributed by atoms with Gasteiger partial charge in [-0.15, -0.1) is 0 Å². The Kier molecular flexibility index (Phi) is 8.91. The van der Waals surface area contributed by atoms with Crippen molar-refractivity contribution >= 4 is 0 Å². The van der Waals surface area contributed by atoms with E-state index in [1.807, 2.05) is 0 Å². The van der Waals surface area contributed by atoms with E-state index in [2.05, 4.69) is 0 Å². The van der Waals surface area contributed by atoms with Crippen molar-refractivity contribution in [2.24, 2.45) is 0 Å². The van der Waals surface area contributed by atoms with Crippen LogP contribution >= 0.6 is 0 Å². The van der Waals surface area contributed by atoms with Gasteiger partial charge < -0.3 is 9.84 Å². The van der Waals surface area contributed by atoms with Gasteiger partial charge in [-0.2, -0.15) is 57.1 Å². The van der Waals surface area contributed by atoms with Crippen LogP contribution in [0.15, 0.2) is 54.6 Å². The second-order valence-corrected chi connectivity index (χ2v) is 8.63. The van der Waals surface area contributed by atoms with E-state index >= 15 is 0 Å². The summed E-state index contributed by atoms with van der Waals surface area (Å²) in [6.07, 6.45) is -9.18. The Bertz CT molecular complexity index is 1100. The molecule has 2 nitrogen and oxygen atoms in total. The van der Waals surface area contributed by atoms with Crippen LogP contribution in [0.2, 0.25) is 0 Å². The molecule has 0 aliphatic carbocycles. The van der Waals surface area contributed by atoms with E-state index in [1.165, 1.54) is 12.1 Å². The number of alkyl halides is 13. The first-order chi connectivity index (χ1) is 17.6. The first kappa shape index (κ1) is 32.5. The maximum atomic E-state index is 14.8. The molecule has 39 heavy (non-hydrogen) atoms. The fourth-order valence-electron chi connectivity index (χ4n) is 3.50. The molecule has 1 N–H and O–H groups in total. The molecule has 0 spiro atoms. The molecule has 0 bridgehead atoms. The standard InChI is InChI=1S/C24H21F13O2/c1-2-3-12-39-17-11-7-10-16(13-17)18(38,15-8-5-4-6-9-15)14-19(25,26)20(27,28)21(29,30)22(31,32)23(33,34)24(35,36)37/h4-11,13,38H,2-3,12,14H2,1H3. The minimum absolute atomic E-state index is 0.0761. The lowest BCUT2D eigenvalue weighted by molar-refractivity contribution is -0.441. The van der Waals surface area contributed by atoms with Crippen molar-refractivity contribution in [1.29, 1.82) is 0 Å². The van der Waals surface area contributed by atoms with Crippen LogP contribution < -0.4 is 4.74 Å². The molecule has 0 aliphatic rings. The van der Waals surface area contributed by atoms with E-state index < -0.39 is 58.9 Å². The van der Waals surface area contributed by atoms with Crippen LogP contribution in [0.25, 0.3) is 0 Å². The molecule has 2 aromatic rings. The molecule has 220 valence electrons. The van der Waals surface area contributed by atoms with Crippen LogP contribution in [-0.4, -0.2) is 47.5 Å². The highest BCUT2D eigenvalue weighted by molar-refractivity contribution is 5.40. The summed E-state index contributed by atoms with van der Waals surface area (Å²) in [6.45, 7) is 1.87. The average Bonchev–Trinajstić information content (AvgIpc) is 2.83. The summed E-state index contributed by atoms with van der Waals surface area (Å²) in [6, 6.07) is 9.32. The normalized spacial score (nSPS) is 15.7. The van der Waals surface area contributed by atoms with Crippen molar-refractivity contribution in [2.45, 2.75) is 67.6 Å². The zero-order valence-corrected chi connectivity index (χ0v) is 19.8. The lowest BCUT2D eigenvalue weighted by atomic mass is 9.79. The van der Waals surface area contributed by atoms with Crippen molar-refractivity contribution in [1.82, 2.24) is 0 Å². The number of benzene rings is 2. The van der Waals surface area contributed by atoms with E-state index in [9.17, 15) is 62.2 Å². The molecule has 0 fully saturated rings. The maximum absolute atomic E-state index is 14.8. The molecule has 0 saturated carbocycles. The van der Waals surface area contributed by atoms with Crippen LogP contribution in [0.3, 0.4) is 0 Å². The highest BCUT2D eigenvalue weighted by atomic mass is 19.4. The maximum Gasteiger partial charge on any atom is 0.460 e. The van der Waals surface area contributed by atoms with Crippen LogP contribution in [0.1, 0.15) is 37.3 Å². The fourth-order valence-corrected chi connectivity index (χ4v) is 3.50. The van der Waals surface area contributed by atoms with Crippen molar-refractivity contribution in [3.05, 3.63) is 65.7 Å². The van der Waals surface area contributed by atoms with Crippen molar-refractivity contribution in [3.63, 3.8) is 0 Å². The summed E-state index contributed by atoms with van der Waals surface area (Å²) in [5, 5.41) is 11.2. The number of hydrogen-bond donors (Lipinski definition) is 1. The molecular weight excluding hydrogens is 567 g/mol. The third-order valence-corrected chi connectivity index (χ3v) is 5.81. The molecular formula is C24H21F13O2. The lowest BCUT2D eigenvalue weighted by Gasteiger charge is -2.42. The molecule has 2 rings (SSSR count). The summed E-state index contributed by atoms with van der Waals surface area (Å²) >= 11 is 0. The Labute approximate surface area is 213 Å². The zero-order valence-electron chi connectivity index (χ0n) is 19.8. The van der Waals surface area contributed by atoms with Gasteiger partial charge in [0.25, 0.3) is 0 Å². The van der Waals surface area contributed by atoms with Gasteiger partial charge in [0.2, 0.25) is 0 Å². The predicted octanol–water partition coefficient (Wildman–Crippen LogP) is 8.23. The largest absolute Gasteiger partial charge is 0.494 e. The number of aliphatic hydroxyl groups is 1. The molecule has 0 amide bonds. The Morgan fingerprint density at radius 1 is 0.641 bits per heavy atom. The van der Waals surface area contributed by atoms with Gasteiger partial charge in [-0.1, -0.05) is 55.8 Å². The van der Waals surface area contributed by atoms with Crippen molar-refractivity contribution in [3.8, 4) is 5.75 Å². The summed E-state index contributed by atoms with van der Waals surface area (Å²) in [5.41, 5.74) is -4.72. The number of hydrogen-bond acceptors (Lipinski definition) is 2. The molecule has 0 heterocycles. The summed E-state index contributed by atoms with van der Waals surface area (Å²) < 4.78 is 183. The van der Waals surface area contributed by atoms with Gasteiger partial charge in [0.1, 0.15) is 11.4 Å². The summed E-state index contributed by atoms with van der Waals surface area (Å²) in [5.74, 6) is -37.9. The highest BCUT2D eigenvalue weighted by Crippen LogP contribution is 2.61. The van der Waals surface area contributed by atoms with Gasteiger partial charge in [-0.25, -0.2) is 0 Å². The molecule has 0 radical (unpaired) electrons.